The highest BCUT2D eigenvalue weighted by molar-refractivity contribution is 5.77. The van der Waals surface area contributed by atoms with Crippen molar-refractivity contribution in [1.29, 1.82) is 0 Å². The van der Waals surface area contributed by atoms with E-state index in [-0.39, 0.29) is 12.5 Å². The Labute approximate surface area is 105 Å². The van der Waals surface area contributed by atoms with E-state index < -0.39 is 0 Å². The van der Waals surface area contributed by atoms with Crippen LogP contribution in [0.5, 0.6) is 0 Å². The molecule has 0 aromatic heterocycles. The fourth-order valence-electron chi connectivity index (χ4n) is 1.59. The Morgan fingerprint density at radius 2 is 2.00 bits per heavy atom. The van der Waals surface area contributed by atoms with Crippen molar-refractivity contribution in [2.24, 2.45) is 11.8 Å². The lowest BCUT2D eigenvalue weighted by Gasteiger charge is -2.14. The molecule has 0 saturated carbocycles. The SMILES string of the molecule is CCC(CCO)CNCC(=O)NCCC(C)C. The first-order chi connectivity index (χ1) is 8.10. The Balaban J connectivity index is 3.49. The number of amides is 1. The average molecular weight is 244 g/mol. The van der Waals surface area contributed by atoms with Gasteiger partial charge in [0, 0.05) is 13.2 Å². The Bertz CT molecular complexity index is 196. The summed E-state index contributed by atoms with van der Waals surface area (Å²) in [6.45, 7) is 8.54. The van der Waals surface area contributed by atoms with Gasteiger partial charge in [-0.1, -0.05) is 27.2 Å². The molecule has 1 atom stereocenters. The van der Waals surface area contributed by atoms with E-state index in [2.05, 4.69) is 31.4 Å². The smallest absolute Gasteiger partial charge is 0.233 e. The van der Waals surface area contributed by atoms with Crippen LogP contribution in [0.25, 0.3) is 0 Å². The minimum absolute atomic E-state index is 0.0597. The molecule has 4 nitrogen and oxygen atoms in total. The summed E-state index contributed by atoms with van der Waals surface area (Å²) in [4.78, 5) is 11.4. The van der Waals surface area contributed by atoms with E-state index in [1.807, 2.05) is 0 Å². The van der Waals surface area contributed by atoms with E-state index in [4.69, 9.17) is 5.11 Å². The van der Waals surface area contributed by atoms with Crippen molar-refractivity contribution in [3.05, 3.63) is 0 Å². The molecule has 0 aliphatic carbocycles. The molecule has 0 rings (SSSR count). The summed E-state index contributed by atoms with van der Waals surface area (Å²) in [6, 6.07) is 0. The molecule has 0 aliphatic heterocycles. The van der Waals surface area contributed by atoms with Crippen LogP contribution in [0.3, 0.4) is 0 Å². The second-order valence-corrected chi connectivity index (χ2v) is 4.95. The normalized spacial score (nSPS) is 12.8. The lowest BCUT2D eigenvalue weighted by molar-refractivity contribution is -0.120. The zero-order valence-electron chi connectivity index (χ0n) is 11.5. The van der Waals surface area contributed by atoms with E-state index in [0.717, 1.165) is 32.4 Å². The van der Waals surface area contributed by atoms with Crippen molar-refractivity contribution in [2.45, 2.75) is 40.0 Å². The van der Waals surface area contributed by atoms with Gasteiger partial charge < -0.3 is 15.7 Å². The summed E-state index contributed by atoms with van der Waals surface area (Å²) in [7, 11) is 0. The molecule has 0 spiro atoms. The summed E-state index contributed by atoms with van der Waals surface area (Å²) in [5, 5.41) is 14.9. The zero-order chi connectivity index (χ0) is 13.1. The van der Waals surface area contributed by atoms with Gasteiger partial charge in [-0.15, -0.1) is 0 Å². The van der Waals surface area contributed by atoms with Gasteiger partial charge in [0.2, 0.25) is 5.91 Å². The summed E-state index contributed by atoms with van der Waals surface area (Å²) in [6.07, 6.45) is 2.86. The lowest BCUT2D eigenvalue weighted by atomic mass is 10.0. The Morgan fingerprint density at radius 3 is 2.53 bits per heavy atom. The highest BCUT2D eigenvalue weighted by Crippen LogP contribution is 2.05. The number of hydrogen-bond acceptors (Lipinski definition) is 3. The molecule has 0 radical (unpaired) electrons. The minimum atomic E-state index is 0.0597. The van der Waals surface area contributed by atoms with Crippen LogP contribution in [0.4, 0.5) is 0 Å². The van der Waals surface area contributed by atoms with Crippen molar-refractivity contribution < 1.29 is 9.90 Å². The quantitative estimate of drug-likeness (QED) is 0.540. The van der Waals surface area contributed by atoms with Crippen molar-refractivity contribution in [3.8, 4) is 0 Å². The summed E-state index contributed by atoms with van der Waals surface area (Å²) in [5.41, 5.74) is 0. The first-order valence-electron chi connectivity index (χ1n) is 6.68. The molecule has 0 aromatic rings. The molecule has 4 heteroatoms. The van der Waals surface area contributed by atoms with Gasteiger partial charge in [-0.2, -0.15) is 0 Å². The number of carbonyl (C=O) groups is 1. The van der Waals surface area contributed by atoms with E-state index in [1.165, 1.54) is 0 Å². The first-order valence-corrected chi connectivity index (χ1v) is 6.68. The van der Waals surface area contributed by atoms with Crippen molar-refractivity contribution in [3.63, 3.8) is 0 Å². The molecule has 1 unspecified atom stereocenters. The highest BCUT2D eigenvalue weighted by atomic mass is 16.3. The largest absolute Gasteiger partial charge is 0.396 e. The fraction of sp³-hybridized carbons (Fsp3) is 0.923. The van der Waals surface area contributed by atoms with Crippen LogP contribution in [0.1, 0.15) is 40.0 Å². The van der Waals surface area contributed by atoms with Gasteiger partial charge in [0.15, 0.2) is 0 Å². The van der Waals surface area contributed by atoms with Crippen LogP contribution in [-0.4, -0.2) is 37.3 Å². The van der Waals surface area contributed by atoms with Crippen LogP contribution in [0.15, 0.2) is 0 Å². The van der Waals surface area contributed by atoms with Crippen LogP contribution in [0.2, 0.25) is 0 Å². The second kappa shape index (κ2) is 10.5. The zero-order valence-corrected chi connectivity index (χ0v) is 11.5. The molecule has 102 valence electrons. The fourth-order valence-corrected chi connectivity index (χ4v) is 1.59. The maximum absolute atomic E-state index is 11.4. The Morgan fingerprint density at radius 1 is 1.29 bits per heavy atom. The Kier molecular flexibility index (Phi) is 10.2. The molecule has 17 heavy (non-hydrogen) atoms. The molecular formula is C13H28N2O2. The van der Waals surface area contributed by atoms with Gasteiger partial charge in [-0.3, -0.25) is 4.79 Å². The average Bonchev–Trinajstić information content (AvgIpc) is 2.27. The third kappa shape index (κ3) is 10.3. The summed E-state index contributed by atoms with van der Waals surface area (Å²) >= 11 is 0. The standard InChI is InChI=1S/C13H28N2O2/c1-4-12(6-8-16)9-14-10-13(17)15-7-5-11(2)3/h11-12,14,16H,4-10H2,1-3H3,(H,15,17). The predicted octanol–water partition coefficient (Wildman–Crippen LogP) is 1.15. The lowest BCUT2D eigenvalue weighted by Crippen LogP contribution is -2.36. The third-order valence-electron chi connectivity index (χ3n) is 2.88. The molecule has 1 amide bonds. The summed E-state index contributed by atoms with van der Waals surface area (Å²) in [5.74, 6) is 1.14. The third-order valence-corrected chi connectivity index (χ3v) is 2.88. The molecule has 0 fully saturated rings. The van der Waals surface area contributed by atoms with Gasteiger partial charge in [0.25, 0.3) is 0 Å². The molecule has 0 heterocycles. The number of rotatable bonds is 10. The number of hydrogen-bond donors (Lipinski definition) is 3. The topological polar surface area (TPSA) is 61.4 Å². The van der Waals surface area contributed by atoms with Gasteiger partial charge >= 0.3 is 0 Å². The predicted molar refractivity (Wildman–Crippen MR) is 70.8 cm³/mol. The van der Waals surface area contributed by atoms with Crippen molar-refractivity contribution in [1.82, 2.24) is 10.6 Å². The number of nitrogens with one attached hydrogen (secondary N) is 2. The van der Waals surface area contributed by atoms with Crippen LogP contribution < -0.4 is 10.6 Å². The Hall–Kier alpha value is -0.610. The molecule has 0 saturated heterocycles. The molecule has 0 bridgehead atoms. The monoisotopic (exact) mass is 244 g/mol. The van der Waals surface area contributed by atoms with Gasteiger partial charge in [-0.05, 0) is 31.2 Å². The number of carbonyl (C=O) groups excluding carboxylic acids is 1. The van der Waals surface area contributed by atoms with Gasteiger partial charge in [0.05, 0.1) is 6.54 Å². The first kappa shape index (κ1) is 16.4. The minimum Gasteiger partial charge on any atom is -0.396 e. The van der Waals surface area contributed by atoms with Crippen molar-refractivity contribution in [2.75, 3.05) is 26.2 Å². The summed E-state index contributed by atoms with van der Waals surface area (Å²) < 4.78 is 0. The van der Waals surface area contributed by atoms with Crippen LogP contribution >= 0.6 is 0 Å². The molecule has 0 aliphatic rings. The number of aliphatic hydroxyl groups is 1. The number of aliphatic hydroxyl groups excluding tert-OH is 1. The van der Waals surface area contributed by atoms with Crippen LogP contribution in [0, 0.1) is 11.8 Å². The molecular weight excluding hydrogens is 216 g/mol. The van der Waals surface area contributed by atoms with E-state index in [0.29, 0.717) is 18.4 Å². The van der Waals surface area contributed by atoms with E-state index in [9.17, 15) is 4.79 Å². The maximum Gasteiger partial charge on any atom is 0.233 e. The van der Waals surface area contributed by atoms with Crippen molar-refractivity contribution >= 4 is 5.91 Å². The van der Waals surface area contributed by atoms with E-state index in [1.54, 1.807) is 0 Å². The maximum atomic E-state index is 11.4. The van der Waals surface area contributed by atoms with E-state index >= 15 is 0 Å². The highest BCUT2D eigenvalue weighted by Gasteiger charge is 2.06. The van der Waals surface area contributed by atoms with Gasteiger partial charge in [-0.25, -0.2) is 0 Å². The molecule has 3 N–H and O–H groups in total. The second-order valence-electron chi connectivity index (χ2n) is 4.95. The molecule has 0 aromatic carbocycles. The van der Waals surface area contributed by atoms with Crippen LogP contribution in [-0.2, 0) is 4.79 Å². The van der Waals surface area contributed by atoms with Gasteiger partial charge in [0.1, 0.15) is 0 Å².